The first-order chi connectivity index (χ1) is 14.6. The Morgan fingerprint density at radius 1 is 0.900 bits per heavy atom. The van der Waals surface area contributed by atoms with Gasteiger partial charge in [0.05, 0.1) is 17.4 Å². The zero-order chi connectivity index (χ0) is 20.8. The van der Waals surface area contributed by atoms with E-state index in [9.17, 15) is 9.59 Å². The maximum absolute atomic E-state index is 13.6. The van der Waals surface area contributed by atoms with Gasteiger partial charge >= 0.3 is 0 Å². The van der Waals surface area contributed by atoms with Crippen molar-refractivity contribution in [2.75, 3.05) is 9.96 Å². The standard InChI is InChI=1S/C24H21N3O3/c1-15-8-9-19(16(2)14-15)26-23(28)20-21(17-10-12-25-13-11-17)27(30-22(20)24(26)29)18-6-4-3-5-7-18/h3-14,20-22H,1-2H3/t20-,21-,22-/m0/s1. The van der Waals surface area contributed by atoms with Crippen LogP contribution >= 0.6 is 0 Å². The Balaban J connectivity index is 1.59. The van der Waals surface area contributed by atoms with Crippen molar-refractivity contribution in [1.29, 1.82) is 0 Å². The van der Waals surface area contributed by atoms with E-state index in [1.165, 1.54) is 4.90 Å². The molecule has 2 aliphatic heterocycles. The van der Waals surface area contributed by atoms with E-state index < -0.39 is 18.1 Å². The molecule has 0 spiro atoms. The molecule has 3 atom stereocenters. The van der Waals surface area contributed by atoms with Crippen LogP contribution in [0.2, 0.25) is 0 Å². The van der Waals surface area contributed by atoms with E-state index in [4.69, 9.17) is 4.84 Å². The Bertz CT molecular complexity index is 1120. The molecular formula is C24H21N3O3. The summed E-state index contributed by atoms with van der Waals surface area (Å²) >= 11 is 0. The molecule has 2 amide bonds. The van der Waals surface area contributed by atoms with Gasteiger partial charge in [-0.3, -0.25) is 19.4 Å². The largest absolute Gasteiger partial charge is 0.273 e. The normalized spacial score (nSPS) is 23.2. The molecule has 2 aromatic carbocycles. The molecule has 6 nitrogen and oxygen atoms in total. The number of aromatic nitrogens is 1. The number of hydroxylamine groups is 1. The molecule has 3 heterocycles. The number of pyridine rings is 1. The lowest BCUT2D eigenvalue weighted by molar-refractivity contribution is -0.126. The average Bonchev–Trinajstić information content (AvgIpc) is 3.26. The molecule has 0 saturated carbocycles. The summed E-state index contributed by atoms with van der Waals surface area (Å²) in [6.07, 6.45) is 2.51. The second-order valence-corrected chi connectivity index (χ2v) is 7.74. The van der Waals surface area contributed by atoms with Crippen LogP contribution < -0.4 is 9.96 Å². The summed E-state index contributed by atoms with van der Waals surface area (Å²) in [6.45, 7) is 3.90. The Morgan fingerprint density at radius 3 is 2.33 bits per heavy atom. The Kier molecular flexibility index (Phi) is 4.37. The molecule has 2 aliphatic rings. The van der Waals surface area contributed by atoms with Gasteiger partial charge in [0.2, 0.25) is 5.91 Å². The quantitative estimate of drug-likeness (QED) is 0.628. The summed E-state index contributed by atoms with van der Waals surface area (Å²) in [5.74, 6) is -1.20. The molecule has 0 radical (unpaired) electrons. The third-order valence-electron chi connectivity index (χ3n) is 5.77. The van der Waals surface area contributed by atoms with Crippen LogP contribution in [0.4, 0.5) is 11.4 Å². The van der Waals surface area contributed by atoms with Crippen LogP contribution in [0.1, 0.15) is 22.7 Å². The maximum atomic E-state index is 13.6. The van der Waals surface area contributed by atoms with Crippen LogP contribution in [0.15, 0.2) is 73.1 Å². The lowest BCUT2D eigenvalue weighted by atomic mass is 9.91. The van der Waals surface area contributed by atoms with Crippen LogP contribution in [0.25, 0.3) is 0 Å². The van der Waals surface area contributed by atoms with Crippen LogP contribution in [0, 0.1) is 19.8 Å². The molecule has 0 N–H and O–H groups in total. The Hall–Kier alpha value is -3.51. The van der Waals surface area contributed by atoms with Gasteiger partial charge in [-0.15, -0.1) is 0 Å². The van der Waals surface area contributed by atoms with Crippen molar-refractivity contribution in [2.24, 2.45) is 5.92 Å². The van der Waals surface area contributed by atoms with Gasteiger partial charge in [-0.25, -0.2) is 9.96 Å². The second kappa shape index (κ2) is 7.07. The minimum absolute atomic E-state index is 0.239. The molecule has 2 saturated heterocycles. The third-order valence-corrected chi connectivity index (χ3v) is 5.77. The highest BCUT2D eigenvalue weighted by Gasteiger charge is 2.60. The number of hydrogen-bond donors (Lipinski definition) is 0. The number of amides is 2. The molecule has 6 heteroatoms. The predicted octanol–water partition coefficient (Wildman–Crippen LogP) is 3.75. The number of benzene rings is 2. The van der Waals surface area contributed by atoms with Crippen molar-refractivity contribution in [3.8, 4) is 0 Å². The lowest BCUT2D eigenvalue weighted by Gasteiger charge is -2.29. The number of anilines is 2. The van der Waals surface area contributed by atoms with Crippen LogP contribution in [0.3, 0.4) is 0 Å². The number of para-hydroxylation sites is 1. The summed E-state index contributed by atoms with van der Waals surface area (Å²) < 4.78 is 0. The van der Waals surface area contributed by atoms with E-state index in [0.29, 0.717) is 5.69 Å². The van der Waals surface area contributed by atoms with Gasteiger partial charge in [0, 0.05) is 12.4 Å². The van der Waals surface area contributed by atoms with Gasteiger partial charge in [-0.05, 0) is 55.3 Å². The molecule has 0 unspecified atom stereocenters. The SMILES string of the molecule is Cc1ccc(N2C(=O)[C@@H]3[C@H](ON(c4ccccc4)[C@H]3c3ccncc3)C2=O)c(C)c1. The zero-order valence-electron chi connectivity index (χ0n) is 16.7. The van der Waals surface area contributed by atoms with Gasteiger partial charge in [0.1, 0.15) is 5.92 Å². The van der Waals surface area contributed by atoms with Gasteiger partial charge in [0.15, 0.2) is 6.10 Å². The molecular weight excluding hydrogens is 378 g/mol. The van der Waals surface area contributed by atoms with Crippen molar-refractivity contribution in [2.45, 2.75) is 26.0 Å². The summed E-state index contributed by atoms with van der Waals surface area (Å²) in [7, 11) is 0. The Morgan fingerprint density at radius 2 is 1.63 bits per heavy atom. The van der Waals surface area contributed by atoms with Crippen molar-refractivity contribution in [3.05, 3.63) is 89.7 Å². The summed E-state index contributed by atoms with van der Waals surface area (Å²) in [6, 6.07) is 18.6. The minimum atomic E-state index is -0.864. The fraction of sp³-hybridized carbons (Fsp3) is 0.208. The molecule has 1 aromatic heterocycles. The zero-order valence-corrected chi connectivity index (χ0v) is 16.7. The first kappa shape index (κ1) is 18.5. The molecule has 5 rings (SSSR count). The van der Waals surface area contributed by atoms with Crippen molar-refractivity contribution < 1.29 is 14.4 Å². The second-order valence-electron chi connectivity index (χ2n) is 7.74. The minimum Gasteiger partial charge on any atom is -0.273 e. The number of rotatable bonds is 3. The van der Waals surface area contributed by atoms with E-state index in [2.05, 4.69) is 4.98 Å². The average molecular weight is 399 g/mol. The van der Waals surface area contributed by atoms with Gasteiger partial charge < -0.3 is 0 Å². The van der Waals surface area contributed by atoms with E-state index in [1.54, 1.807) is 17.5 Å². The van der Waals surface area contributed by atoms with Crippen LogP contribution in [0.5, 0.6) is 0 Å². The van der Waals surface area contributed by atoms with Crippen molar-refractivity contribution in [3.63, 3.8) is 0 Å². The molecule has 2 fully saturated rings. The monoisotopic (exact) mass is 399 g/mol. The number of nitrogens with zero attached hydrogens (tertiary/aromatic N) is 3. The predicted molar refractivity (Wildman–Crippen MR) is 113 cm³/mol. The van der Waals surface area contributed by atoms with E-state index in [-0.39, 0.29) is 11.8 Å². The van der Waals surface area contributed by atoms with E-state index >= 15 is 0 Å². The fourth-order valence-corrected chi connectivity index (χ4v) is 4.41. The van der Waals surface area contributed by atoms with Gasteiger partial charge in [-0.1, -0.05) is 35.9 Å². The number of aryl methyl sites for hydroxylation is 2. The molecule has 0 bridgehead atoms. The number of fused-ring (bicyclic) bond motifs is 1. The number of carbonyl (C=O) groups is 2. The number of imide groups is 1. The molecule has 150 valence electrons. The van der Waals surface area contributed by atoms with Crippen LogP contribution in [-0.2, 0) is 14.4 Å². The first-order valence-corrected chi connectivity index (χ1v) is 9.92. The fourth-order valence-electron chi connectivity index (χ4n) is 4.41. The highest BCUT2D eigenvalue weighted by atomic mass is 16.7. The molecule has 0 aliphatic carbocycles. The van der Waals surface area contributed by atoms with Crippen molar-refractivity contribution in [1.82, 2.24) is 4.98 Å². The van der Waals surface area contributed by atoms with E-state index in [0.717, 1.165) is 22.4 Å². The van der Waals surface area contributed by atoms with Gasteiger partial charge in [-0.2, -0.15) is 0 Å². The summed E-state index contributed by atoms with van der Waals surface area (Å²) in [4.78, 5) is 38.4. The Labute approximate surface area is 174 Å². The molecule has 30 heavy (non-hydrogen) atoms. The third kappa shape index (κ3) is 2.80. The topological polar surface area (TPSA) is 62.7 Å². The van der Waals surface area contributed by atoms with E-state index in [1.807, 2.05) is 74.5 Å². The number of carbonyl (C=O) groups excluding carboxylic acids is 2. The summed E-state index contributed by atoms with van der Waals surface area (Å²) in [5, 5.41) is 1.69. The van der Waals surface area contributed by atoms with Crippen LogP contribution in [-0.4, -0.2) is 22.9 Å². The van der Waals surface area contributed by atoms with Gasteiger partial charge in [0.25, 0.3) is 5.91 Å². The number of hydrogen-bond acceptors (Lipinski definition) is 5. The highest BCUT2D eigenvalue weighted by Crippen LogP contribution is 2.47. The smallest absolute Gasteiger partial charge is 0.266 e. The highest BCUT2D eigenvalue weighted by molar-refractivity contribution is 6.24. The van der Waals surface area contributed by atoms with Crippen molar-refractivity contribution >= 4 is 23.2 Å². The first-order valence-electron chi connectivity index (χ1n) is 9.92. The summed E-state index contributed by atoms with van der Waals surface area (Å²) in [5.41, 5.74) is 4.26. The maximum Gasteiger partial charge on any atom is 0.266 e. The molecule has 3 aromatic rings. The lowest BCUT2D eigenvalue weighted by Crippen LogP contribution is -2.37.